The third-order valence-electron chi connectivity index (χ3n) is 2.06. The number of carboxylic acids is 1. The number of aromatic nitrogens is 2. The molecule has 1 aromatic heterocycles. The normalized spacial score (nSPS) is 10.1. The number of aromatic carboxylic acids is 1. The van der Waals surface area contributed by atoms with Gasteiger partial charge in [-0.25, -0.2) is 14.8 Å². The molecule has 0 bridgehead atoms. The van der Waals surface area contributed by atoms with E-state index in [1.165, 1.54) is 12.4 Å². The molecule has 0 aliphatic rings. The molecular formula is C11H7BrClN3O2. The largest absolute Gasteiger partial charge is 0.476 e. The number of anilines is 2. The Morgan fingerprint density at radius 2 is 2.11 bits per heavy atom. The van der Waals surface area contributed by atoms with E-state index in [4.69, 9.17) is 16.7 Å². The van der Waals surface area contributed by atoms with Crippen molar-refractivity contribution in [2.45, 2.75) is 0 Å². The number of hydrogen-bond acceptors (Lipinski definition) is 4. The van der Waals surface area contributed by atoms with Crippen LogP contribution in [0, 0.1) is 0 Å². The van der Waals surface area contributed by atoms with Crippen molar-refractivity contribution < 1.29 is 9.90 Å². The van der Waals surface area contributed by atoms with Gasteiger partial charge < -0.3 is 10.4 Å². The molecule has 0 radical (unpaired) electrons. The highest BCUT2D eigenvalue weighted by Gasteiger charge is 2.06. The zero-order valence-corrected chi connectivity index (χ0v) is 11.2. The summed E-state index contributed by atoms with van der Waals surface area (Å²) in [6, 6.07) is 5.33. The van der Waals surface area contributed by atoms with Crippen molar-refractivity contribution in [2.24, 2.45) is 0 Å². The van der Waals surface area contributed by atoms with Crippen molar-refractivity contribution in [3.05, 3.63) is 45.8 Å². The van der Waals surface area contributed by atoms with E-state index < -0.39 is 5.97 Å². The fourth-order valence-corrected chi connectivity index (χ4v) is 1.76. The number of hydrogen-bond donors (Lipinski definition) is 2. The van der Waals surface area contributed by atoms with Gasteiger partial charge in [0.25, 0.3) is 0 Å². The van der Waals surface area contributed by atoms with Gasteiger partial charge in [-0.05, 0) is 18.2 Å². The van der Waals surface area contributed by atoms with Crippen molar-refractivity contribution in [1.82, 2.24) is 9.97 Å². The Labute approximate surface area is 116 Å². The third kappa shape index (κ3) is 2.96. The molecule has 2 N–H and O–H groups in total. The van der Waals surface area contributed by atoms with Crippen LogP contribution in [0.2, 0.25) is 5.02 Å². The molecule has 2 rings (SSSR count). The summed E-state index contributed by atoms with van der Waals surface area (Å²) in [5.41, 5.74) is 0.546. The van der Waals surface area contributed by atoms with Gasteiger partial charge in [-0.1, -0.05) is 27.5 Å². The van der Waals surface area contributed by atoms with Gasteiger partial charge in [-0.3, -0.25) is 0 Å². The van der Waals surface area contributed by atoms with Gasteiger partial charge in [0.1, 0.15) is 5.82 Å². The number of nitrogens with one attached hydrogen (secondary N) is 1. The van der Waals surface area contributed by atoms with Crippen molar-refractivity contribution >= 4 is 45.0 Å². The molecule has 2 aromatic rings. The minimum absolute atomic E-state index is 0.110. The van der Waals surface area contributed by atoms with Crippen LogP contribution in [-0.2, 0) is 0 Å². The second kappa shape index (κ2) is 5.32. The SMILES string of the molecule is O=C(O)c1cnc(Nc2cc(Br)ccc2Cl)cn1. The molecule has 0 saturated heterocycles. The van der Waals surface area contributed by atoms with Crippen molar-refractivity contribution in [2.75, 3.05) is 5.32 Å². The first-order valence-electron chi connectivity index (χ1n) is 4.83. The van der Waals surface area contributed by atoms with Crippen LogP contribution in [0.5, 0.6) is 0 Å². The van der Waals surface area contributed by atoms with Crippen molar-refractivity contribution in [3.63, 3.8) is 0 Å². The zero-order chi connectivity index (χ0) is 13.1. The molecule has 0 spiro atoms. The number of benzene rings is 1. The quantitative estimate of drug-likeness (QED) is 0.904. The van der Waals surface area contributed by atoms with Crippen LogP contribution in [0.3, 0.4) is 0 Å². The first-order chi connectivity index (χ1) is 8.56. The van der Waals surface area contributed by atoms with Crippen LogP contribution in [0.25, 0.3) is 0 Å². The first kappa shape index (κ1) is 12.8. The Hall–Kier alpha value is -1.66. The van der Waals surface area contributed by atoms with E-state index >= 15 is 0 Å². The van der Waals surface area contributed by atoms with Crippen molar-refractivity contribution in [1.29, 1.82) is 0 Å². The maximum atomic E-state index is 10.6. The summed E-state index contributed by atoms with van der Waals surface area (Å²) >= 11 is 9.33. The highest BCUT2D eigenvalue weighted by molar-refractivity contribution is 9.10. The predicted octanol–water partition coefficient (Wildman–Crippen LogP) is 3.33. The summed E-state index contributed by atoms with van der Waals surface area (Å²) in [4.78, 5) is 18.3. The van der Waals surface area contributed by atoms with E-state index in [-0.39, 0.29) is 5.69 Å². The van der Waals surface area contributed by atoms with Gasteiger partial charge in [0.15, 0.2) is 5.69 Å². The van der Waals surface area contributed by atoms with Crippen LogP contribution in [0.15, 0.2) is 35.1 Å². The zero-order valence-electron chi connectivity index (χ0n) is 8.89. The molecule has 0 fully saturated rings. The molecule has 0 atom stereocenters. The van der Waals surface area contributed by atoms with E-state index in [1.807, 2.05) is 6.07 Å². The third-order valence-corrected chi connectivity index (χ3v) is 2.88. The number of nitrogens with zero attached hydrogens (tertiary/aromatic N) is 2. The second-order valence-electron chi connectivity index (χ2n) is 3.34. The number of carboxylic acid groups (broad SMARTS) is 1. The van der Waals surface area contributed by atoms with Crippen molar-refractivity contribution in [3.8, 4) is 0 Å². The molecule has 18 heavy (non-hydrogen) atoms. The molecule has 0 unspecified atom stereocenters. The fourth-order valence-electron chi connectivity index (χ4n) is 1.23. The lowest BCUT2D eigenvalue weighted by Gasteiger charge is -2.07. The van der Waals surface area contributed by atoms with E-state index in [9.17, 15) is 4.79 Å². The van der Waals surface area contributed by atoms with Gasteiger partial charge in [-0.2, -0.15) is 0 Å². The summed E-state index contributed by atoms with van der Waals surface area (Å²) in [5.74, 6) is -0.700. The van der Waals surface area contributed by atoms with Crippen LogP contribution in [0.1, 0.15) is 10.5 Å². The first-order valence-corrected chi connectivity index (χ1v) is 6.01. The Morgan fingerprint density at radius 3 is 2.72 bits per heavy atom. The molecule has 0 aliphatic carbocycles. The van der Waals surface area contributed by atoms with Gasteiger partial charge in [0, 0.05) is 4.47 Å². The molecule has 5 nitrogen and oxygen atoms in total. The smallest absolute Gasteiger partial charge is 0.356 e. The van der Waals surface area contributed by atoms with E-state index in [0.29, 0.717) is 16.5 Å². The summed E-state index contributed by atoms with van der Waals surface area (Å²) < 4.78 is 0.865. The topological polar surface area (TPSA) is 75.1 Å². The second-order valence-corrected chi connectivity index (χ2v) is 4.66. The number of rotatable bonds is 3. The lowest BCUT2D eigenvalue weighted by molar-refractivity contribution is 0.0690. The van der Waals surface area contributed by atoms with Crippen LogP contribution < -0.4 is 5.32 Å². The van der Waals surface area contributed by atoms with Gasteiger partial charge >= 0.3 is 5.97 Å². The number of halogens is 2. The summed E-state index contributed by atoms with van der Waals surface area (Å²) in [5, 5.41) is 12.2. The minimum Gasteiger partial charge on any atom is -0.476 e. The fraction of sp³-hybridized carbons (Fsp3) is 0. The Balaban J connectivity index is 2.23. The molecular weight excluding hydrogens is 321 g/mol. The van der Waals surface area contributed by atoms with Crippen LogP contribution >= 0.6 is 27.5 Å². The summed E-state index contributed by atoms with van der Waals surface area (Å²) in [6.07, 6.45) is 2.51. The minimum atomic E-state index is -1.12. The lowest BCUT2D eigenvalue weighted by atomic mass is 10.3. The Morgan fingerprint density at radius 1 is 1.33 bits per heavy atom. The van der Waals surface area contributed by atoms with Gasteiger partial charge in [0.2, 0.25) is 0 Å². The average Bonchev–Trinajstić information content (AvgIpc) is 2.34. The maximum Gasteiger partial charge on any atom is 0.356 e. The van der Waals surface area contributed by atoms with Gasteiger partial charge in [-0.15, -0.1) is 0 Å². The van der Waals surface area contributed by atoms with E-state index in [1.54, 1.807) is 12.1 Å². The highest BCUT2D eigenvalue weighted by Crippen LogP contribution is 2.27. The van der Waals surface area contributed by atoms with E-state index in [2.05, 4.69) is 31.2 Å². The Kier molecular flexibility index (Phi) is 3.78. The molecule has 1 aromatic carbocycles. The average molecular weight is 329 g/mol. The molecule has 1 heterocycles. The van der Waals surface area contributed by atoms with Gasteiger partial charge in [0.05, 0.1) is 23.1 Å². The monoisotopic (exact) mass is 327 g/mol. The summed E-state index contributed by atoms with van der Waals surface area (Å²) in [6.45, 7) is 0. The van der Waals surface area contributed by atoms with Crippen LogP contribution in [-0.4, -0.2) is 21.0 Å². The standard InChI is InChI=1S/C11H7BrClN3O2/c12-6-1-2-7(13)8(3-6)16-10-5-14-9(4-15-10)11(17)18/h1-5H,(H,15,16)(H,17,18). The molecule has 0 amide bonds. The number of carbonyl (C=O) groups is 1. The lowest BCUT2D eigenvalue weighted by Crippen LogP contribution is -2.02. The molecule has 7 heteroatoms. The van der Waals surface area contributed by atoms with E-state index in [0.717, 1.165) is 4.47 Å². The molecule has 92 valence electrons. The predicted molar refractivity (Wildman–Crippen MR) is 71.4 cm³/mol. The Bertz CT molecular complexity index is 589. The summed E-state index contributed by atoms with van der Waals surface area (Å²) in [7, 11) is 0. The highest BCUT2D eigenvalue weighted by atomic mass is 79.9. The van der Waals surface area contributed by atoms with Crippen LogP contribution in [0.4, 0.5) is 11.5 Å². The molecule has 0 aliphatic heterocycles. The maximum absolute atomic E-state index is 10.6. The molecule has 0 saturated carbocycles.